The standard InChI is InChI=1S/C19H17N5O3/c1-11(25)18-22-15-7-6-12(8-16(15)23-18)21-17(26)9-24-10-20-14-5-3-2-4-13(14)19(24)27/h2-8,10-11,25H,9H2,1H3,(H,21,26)(H,22,23). The summed E-state index contributed by atoms with van der Waals surface area (Å²) in [5.41, 5.74) is 2.29. The summed E-state index contributed by atoms with van der Waals surface area (Å²) in [5.74, 6) is 0.117. The van der Waals surface area contributed by atoms with E-state index in [1.165, 1.54) is 10.9 Å². The maximum atomic E-state index is 12.5. The van der Waals surface area contributed by atoms with Crippen molar-refractivity contribution in [1.29, 1.82) is 0 Å². The number of aliphatic hydroxyl groups is 1. The van der Waals surface area contributed by atoms with E-state index in [1.54, 1.807) is 49.4 Å². The summed E-state index contributed by atoms with van der Waals surface area (Å²) < 4.78 is 1.28. The summed E-state index contributed by atoms with van der Waals surface area (Å²) >= 11 is 0. The molecule has 0 aliphatic carbocycles. The molecule has 0 saturated heterocycles. The lowest BCUT2D eigenvalue weighted by atomic mass is 10.2. The Bertz CT molecular complexity index is 1210. The first-order valence-electron chi connectivity index (χ1n) is 8.43. The van der Waals surface area contributed by atoms with Crippen molar-refractivity contribution in [2.75, 3.05) is 5.32 Å². The number of amides is 1. The Hall–Kier alpha value is -3.52. The molecule has 0 aliphatic heterocycles. The fraction of sp³-hybridized carbons (Fsp3) is 0.158. The van der Waals surface area contributed by atoms with Crippen LogP contribution in [0.3, 0.4) is 0 Å². The van der Waals surface area contributed by atoms with Gasteiger partial charge in [0.25, 0.3) is 5.56 Å². The van der Waals surface area contributed by atoms with Crippen LogP contribution in [0.25, 0.3) is 21.9 Å². The summed E-state index contributed by atoms with van der Waals surface area (Å²) in [6.45, 7) is 1.48. The van der Waals surface area contributed by atoms with Crippen molar-refractivity contribution in [3.8, 4) is 0 Å². The molecule has 0 aliphatic rings. The Morgan fingerprint density at radius 2 is 2.07 bits per heavy atom. The predicted octanol–water partition coefficient (Wildman–Crippen LogP) is 1.96. The van der Waals surface area contributed by atoms with Crippen molar-refractivity contribution in [2.24, 2.45) is 0 Å². The van der Waals surface area contributed by atoms with Crippen LogP contribution in [0.15, 0.2) is 53.6 Å². The van der Waals surface area contributed by atoms with E-state index in [0.717, 1.165) is 0 Å². The number of aromatic nitrogens is 4. The molecular weight excluding hydrogens is 346 g/mol. The third-order valence-corrected chi connectivity index (χ3v) is 4.23. The van der Waals surface area contributed by atoms with E-state index < -0.39 is 6.10 Å². The van der Waals surface area contributed by atoms with Crippen LogP contribution in [0.2, 0.25) is 0 Å². The average Bonchev–Trinajstić information content (AvgIpc) is 3.08. The van der Waals surface area contributed by atoms with Gasteiger partial charge >= 0.3 is 0 Å². The highest BCUT2D eigenvalue weighted by Gasteiger charge is 2.11. The van der Waals surface area contributed by atoms with Gasteiger partial charge in [-0.3, -0.25) is 14.2 Å². The second-order valence-electron chi connectivity index (χ2n) is 6.27. The molecule has 2 aromatic carbocycles. The van der Waals surface area contributed by atoms with Gasteiger partial charge < -0.3 is 15.4 Å². The Labute approximate surface area is 153 Å². The molecule has 1 atom stereocenters. The normalized spacial score (nSPS) is 12.4. The van der Waals surface area contributed by atoms with Crippen LogP contribution in [0.4, 0.5) is 5.69 Å². The molecule has 4 aromatic rings. The minimum atomic E-state index is -0.706. The number of nitrogens with zero attached hydrogens (tertiary/aromatic N) is 3. The number of nitrogens with one attached hydrogen (secondary N) is 2. The molecule has 2 aromatic heterocycles. The first-order chi connectivity index (χ1) is 13.0. The number of imidazole rings is 1. The number of aromatic amines is 1. The number of anilines is 1. The molecule has 0 fully saturated rings. The van der Waals surface area contributed by atoms with E-state index in [2.05, 4.69) is 20.3 Å². The molecule has 0 spiro atoms. The quantitative estimate of drug-likeness (QED) is 0.513. The van der Waals surface area contributed by atoms with Gasteiger partial charge in [-0.2, -0.15) is 0 Å². The summed E-state index contributed by atoms with van der Waals surface area (Å²) in [4.78, 5) is 36.3. The van der Waals surface area contributed by atoms with Crippen molar-refractivity contribution >= 4 is 33.5 Å². The third-order valence-electron chi connectivity index (χ3n) is 4.23. The van der Waals surface area contributed by atoms with Crippen LogP contribution in [-0.2, 0) is 11.3 Å². The number of hydrogen-bond donors (Lipinski definition) is 3. The molecule has 0 saturated carbocycles. The van der Waals surface area contributed by atoms with E-state index in [4.69, 9.17) is 0 Å². The van der Waals surface area contributed by atoms with E-state index in [1.807, 2.05) is 0 Å². The molecule has 2 heterocycles. The summed E-state index contributed by atoms with van der Waals surface area (Å²) in [7, 11) is 0. The predicted molar refractivity (Wildman–Crippen MR) is 101 cm³/mol. The molecule has 1 amide bonds. The van der Waals surface area contributed by atoms with Gasteiger partial charge in [0, 0.05) is 5.69 Å². The number of hydrogen-bond acceptors (Lipinski definition) is 5. The number of carbonyl (C=O) groups is 1. The molecule has 8 heteroatoms. The van der Waals surface area contributed by atoms with Crippen LogP contribution >= 0.6 is 0 Å². The highest BCUT2D eigenvalue weighted by Crippen LogP contribution is 2.19. The summed E-state index contributed by atoms with van der Waals surface area (Å²) in [5, 5.41) is 12.8. The minimum Gasteiger partial charge on any atom is -0.385 e. The summed E-state index contributed by atoms with van der Waals surface area (Å²) in [6, 6.07) is 12.2. The van der Waals surface area contributed by atoms with Gasteiger partial charge in [0.15, 0.2) is 0 Å². The second kappa shape index (κ2) is 6.65. The highest BCUT2D eigenvalue weighted by atomic mass is 16.3. The molecule has 1 unspecified atom stereocenters. The van der Waals surface area contributed by atoms with Gasteiger partial charge in [0.05, 0.1) is 28.3 Å². The Morgan fingerprint density at radius 3 is 2.89 bits per heavy atom. The number of para-hydroxylation sites is 1. The highest BCUT2D eigenvalue weighted by molar-refractivity contribution is 5.93. The largest absolute Gasteiger partial charge is 0.385 e. The van der Waals surface area contributed by atoms with Gasteiger partial charge in [0.2, 0.25) is 5.91 Å². The fourth-order valence-electron chi connectivity index (χ4n) is 2.88. The van der Waals surface area contributed by atoms with Crippen LogP contribution in [0, 0.1) is 0 Å². The fourth-order valence-corrected chi connectivity index (χ4v) is 2.88. The van der Waals surface area contributed by atoms with Crippen molar-refractivity contribution in [2.45, 2.75) is 19.6 Å². The van der Waals surface area contributed by atoms with Crippen LogP contribution in [-0.4, -0.2) is 30.5 Å². The number of rotatable bonds is 4. The summed E-state index contributed by atoms with van der Waals surface area (Å²) in [6.07, 6.45) is 0.666. The topological polar surface area (TPSA) is 113 Å². The smallest absolute Gasteiger partial charge is 0.261 e. The van der Waals surface area contributed by atoms with Gasteiger partial charge in [-0.05, 0) is 37.3 Å². The third kappa shape index (κ3) is 3.30. The average molecular weight is 363 g/mol. The van der Waals surface area contributed by atoms with Gasteiger partial charge in [-0.15, -0.1) is 0 Å². The zero-order valence-electron chi connectivity index (χ0n) is 14.5. The van der Waals surface area contributed by atoms with Crippen molar-refractivity contribution < 1.29 is 9.90 Å². The SMILES string of the molecule is CC(O)c1nc2ccc(NC(=O)Cn3cnc4ccccc4c3=O)cc2[nH]1. The van der Waals surface area contributed by atoms with Gasteiger partial charge in [-0.1, -0.05) is 12.1 Å². The lowest BCUT2D eigenvalue weighted by Crippen LogP contribution is -2.27. The van der Waals surface area contributed by atoms with Crippen LogP contribution in [0.5, 0.6) is 0 Å². The van der Waals surface area contributed by atoms with E-state index in [9.17, 15) is 14.7 Å². The Kier molecular flexibility index (Phi) is 4.17. The molecular formula is C19H17N5O3. The molecule has 0 bridgehead atoms. The van der Waals surface area contributed by atoms with E-state index >= 15 is 0 Å². The van der Waals surface area contributed by atoms with Gasteiger partial charge in [-0.25, -0.2) is 9.97 Å². The number of aliphatic hydroxyl groups excluding tert-OH is 1. The Morgan fingerprint density at radius 1 is 1.26 bits per heavy atom. The van der Waals surface area contributed by atoms with Crippen molar-refractivity contribution in [3.05, 3.63) is 65.0 Å². The van der Waals surface area contributed by atoms with Crippen LogP contribution in [0.1, 0.15) is 18.9 Å². The number of fused-ring (bicyclic) bond motifs is 2. The molecule has 27 heavy (non-hydrogen) atoms. The number of H-pyrrole nitrogens is 1. The van der Waals surface area contributed by atoms with E-state index in [-0.39, 0.29) is 18.0 Å². The first-order valence-corrected chi connectivity index (χ1v) is 8.43. The van der Waals surface area contributed by atoms with E-state index in [0.29, 0.717) is 33.4 Å². The lowest BCUT2D eigenvalue weighted by Gasteiger charge is -2.08. The monoisotopic (exact) mass is 363 g/mol. The zero-order chi connectivity index (χ0) is 19.0. The molecule has 8 nitrogen and oxygen atoms in total. The first kappa shape index (κ1) is 16.9. The van der Waals surface area contributed by atoms with Gasteiger partial charge in [0.1, 0.15) is 18.5 Å². The van der Waals surface area contributed by atoms with Crippen molar-refractivity contribution in [3.63, 3.8) is 0 Å². The molecule has 136 valence electrons. The maximum absolute atomic E-state index is 12.5. The minimum absolute atomic E-state index is 0.142. The van der Waals surface area contributed by atoms with Crippen molar-refractivity contribution in [1.82, 2.24) is 19.5 Å². The second-order valence-corrected chi connectivity index (χ2v) is 6.27. The zero-order valence-corrected chi connectivity index (χ0v) is 14.5. The van der Waals surface area contributed by atoms with Crippen LogP contribution < -0.4 is 10.9 Å². The lowest BCUT2D eigenvalue weighted by molar-refractivity contribution is -0.116. The molecule has 4 rings (SSSR count). The Balaban J connectivity index is 1.55. The number of benzene rings is 2. The molecule has 0 radical (unpaired) electrons. The maximum Gasteiger partial charge on any atom is 0.261 e. The number of carbonyl (C=O) groups excluding carboxylic acids is 1. The molecule has 3 N–H and O–H groups in total.